The number of ether oxygens (including phenoxy) is 2. The van der Waals surface area contributed by atoms with Crippen LogP contribution in [0.4, 0.5) is 13.2 Å². The molecule has 0 aromatic carbocycles. The number of aromatic nitrogens is 1. The molecule has 8 heteroatoms. The molecule has 0 aliphatic heterocycles. The van der Waals surface area contributed by atoms with Gasteiger partial charge in [-0.15, -0.1) is 0 Å². The highest BCUT2D eigenvalue weighted by molar-refractivity contribution is 5.77. The van der Waals surface area contributed by atoms with E-state index in [1.54, 1.807) is 6.92 Å². The number of esters is 1. The van der Waals surface area contributed by atoms with Crippen LogP contribution in [0.1, 0.15) is 18.5 Å². The SMILES string of the molecule is CCOC(=O)C(NCC(F)(F)F)c1ccc(OC)nc1. The molecule has 1 N–H and O–H groups in total. The van der Waals surface area contributed by atoms with E-state index in [2.05, 4.69) is 10.3 Å². The Labute approximate surface area is 114 Å². The van der Waals surface area contributed by atoms with Gasteiger partial charge < -0.3 is 9.47 Å². The lowest BCUT2D eigenvalue weighted by Gasteiger charge is -2.18. The number of nitrogens with zero attached hydrogens (tertiary/aromatic N) is 1. The molecular weight excluding hydrogens is 277 g/mol. The molecule has 1 atom stereocenters. The van der Waals surface area contributed by atoms with Gasteiger partial charge in [0.15, 0.2) is 0 Å². The van der Waals surface area contributed by atoms with Gasteiger partial charge in [0.2, 0.25) is 5.88 Å². The van der Waals surface area contributed by atoms with E-state index in [1.807, 2.05) is 0 Å². The molecule has 20 heavy (non-hydrogen) atoms. The van der Waals surface area contributed by atoms with Crippen molar-refractivity contribution in [2.75, 3.05) is 20.3 Å². The van der Waals surface area contributed by atoms with Gasteiger partial charge in [0.05, 0.1) is 20.3 Å². The minimum absolute atomic E-state index is 0.0760. The first-order valence-electron chi connectivity index (χ1n) is 5.84. The predicted molar refractivity (Wildman–Crippen MR) is 64.2 cm³/mol. The summed E-state index contributed by atoms with van der Waals surface area (Å²) in [6.07, 6.45) is -3.16. The van der Waals surface area contributed by atoms with Crippen molar-refractivity contribution in [1.82, 2.24) is 10.3 Å². The van der Waals surface area contributed by atoms with Crippen LogP contribution >= 0.6 is 0 Å². The van der Waals surface area contributed by atoms with Gasteiger partial charge in [0, 0.05) is 12.3 Å². The Balaban J connectivity index is 2.87. The van der Waals surface area contributed by atoms with Crippen LogP contribution in [-0.4, -0.2) is 37.4 Å². The van der Waals surface area contributed by atoms with Crippen LogP contribution in [0, 0.1) is 0 Å². The standard InChI is InChI=1S/C12H15F3N2O3/c1-3-20-11(18)10(17-7-12(13,14)15)8-4-5-9(19-2)16-6-8/h4-6,10,17H,3,7H2,1-2H3. The van der Waals surface area contributed by atoms with Gasteiger partial charge in [0.25, 0.3) is 0 Å². The van der Waals surface area contributed by atoms with Crippen molar-refractivity contribution in [2.45, 2.75) is 19.1 Å². The Morgan fingerprint density at radius 3 is 2.60 bits per heavy atom. The fraction of sp³-hybridized carbons (Fsp3) is 0.500. The van der Waals surface area contributed by atoms with Crippen molar-refractivity contribution >= 4 is 5.97 Å². The molecule has 112 valence electrons. The molecule has 1 rings (SSSR count). The fourth-order valence-electron chi connectivity index (χ4n) is 1.46. The molecule has 0 aliphatic rings. The van der Waals surface area contributed by atoms with Gasteiger partial charge in [0.1, 0.15) is 6.04 Å². The lowest BCUT2D eigenvalue weighted by Crippen LogP contribution is -2.37. The zero-order valence-corrected chi connectivity index (χ0v) is 11.0. The van der Waals surface area contributed by atoms with E-state index in [4.69, 9.17) is 9.47 Å². The number of rotatable bonds is 6. The Hall–Kier alpha value is -1.83. The second kappa shape index (κ2) is 7.09. The first-order valence-corrected chi connectivity index (χ1v) is 5.84. The number of halogens is 3. The molecule has 1 heterocycles. The van der Waals surface area contributed by atoms with E-state index < -0.39 is 24.7 Å². The summed E-state index contributed by atoms with van der Waals surface area (Å²) in [5, 5.41) is 2.12. The molecule has 1 unspecified atom stereocenters. The average molecular weight is 292 g/mol. The number of methoxy groups -OCH3 is 1. The topological polar surface area (TPSA) is 60.5 Å². The number of pyridine rings is 1. The van der Waals surface area contributed by atoms with Crippen LogP contribution in [0.3, 0.4) is 0 Å². The highest BCUT2D eigenvalue weighted by Crippen LogP contribution is 2.19. The van der Waals surface area contributed by atoms with E-state index in [0.29, 0.717) is 5.88 Å². The fourth-order valence-corrected chi connectivity index (χ4v) is 1.46. The van der Waals surface area contributed by atoms with E-state index in [-0.39, 0.29) is 12.2 Å². The van der Waals surface area contributed by atoms with Crippen LogP contribution in [0.5, 0.6) is 5.88 Å². The average Bonchev–Trinajstić information content (AvgIpc) is 2.38. The summed E-state index contributed by atoms with van der Waals surface area (Å²) in [6.45, 7) is 0.347. The third kappa shape index (κ3) is 5.04. The largest absolute Gasteiger partial charge is 0.481 e. The van der Waals surface area contributed by atoms with Gasteiger partial charge in [-0.25, -0.2) is 9.78 Å². The maximum Gasteiger partial charge on any atom is 0.401 e. The molecule has 0 spiro atoms. The van der Waals surface area contributed by atoms with Crippen molar-refractivity contribution in [1.29, 1.82) is 0 Å². The van der Waals surface area contributed by atoms with Crippen molar-refractivity contribution in [3.8, 4) is 5.88 Å². The number of hydrogen-bond donors (Lipinski definition) is 1. The first kappa shape index (κ1) is 16.2. The zero-order chi connectivity index (χ0) is 15.2. The Kier molecular flexibility index (Phi) is 5.75. The summed E-state index contributed by atoms with van der Waals surface area (Å²) in [5.41, 5.74) is 0.272. The molecule has 0 saturated heterocycles. The molecule has 0 amide bonds. The molecule has 0 radical (unpaired) electrons. The Bertz CT molecular complexity index is 435. The van der Waals surface area contributed by atoms with Crippen molar-refractivity contribution < 1.29 is 27.4 Å². The third-order valence-electron chi connectivity index (χ3n) is 2.33. The summed E-state index contributed by atoms with van der Waals surface area (Å²) in [6, 6.07) is 1.68. The number of carbonyl (C=O) groups excluding carboxylic acids is 1. The first-order chi connectivity index (χ1) is 9.37. The summed E-state index contributed by atoms with van der Waals surface area (Å²) in [5.74, 6) is -0.490. The van der Waals surface area contributed by atoms with Gasteiger partial charge in [-0.1, -0.05) is 0 Å². The van der Waals surface area contributed by atoms with E-state index in [9.17, 15) is 18.0 Å². The van der Waals surface area contributed by atoms with Crippen molar-refractivity contribution in [3.63, 3.8) is 0 Å². The van der Waals surface area contributed by atoms with Crippen LogP contribution in [0.25, 0.3) is 0 Å². The van der Waals surface area contributed by atoms with Gasteiger partial charge >= 0.3 is 12.1 Å². The van der Waals surface area contributed by atoms with Crippen molar-refractivity contribution in [2.24, 2.45) is 0 Å². The lowest BCUT2D eigenvalue weighted by atomic mass is 10.1. The maximum absolute atomic E-state index is 12.2. The van der Waals surface area contributed by atoms with Crippen LogP contribution in [0.15, 0.2) is 18.3 Å². The van der Waals surface area contributed by atoms with E-state index in [1.165, 1.54) is 25.4 Å². The zero-order valence-electron chi connectivity index (χ0n) is 11.0. The minimum Gasteiger partial charge on any atom is -0.481 e. The van der Waals surface area contributed by atoms with Crippen LogP contribution < -0.4 is 10.1 Å². The smallest absolute Gasteiger partial charge is 0.401 e. The lowest BCUT2D eigenvalue weighted by molar-refractivity contribution is -0.149. The number of hydrogen-bond acceptors (Lipinski definition) is 5. The molecule has 1 aromatic heterocycles. The highest BCUT2D eigenvalue weighted by Gasteiger charge is 2.31. The highest BCUT2D eigenvalue weighted by atomic mass is 19.4. The molecule has 0 fully saturated rings. The molecule has 1 aromatic rings. The second-order valence-corrected chi connectivity index (χ2v) is 3.82. The van der Waals surface area contributed by atoms with Gasteiger partial charge in [-0.2, -0.15) is 13.2 Å². The van der Waals surface area contributed by atoms with Gasteiger partial charge in [-0.05, 0) is 18.6 Å². The number of carbonyl (C=O) groups is 1. The number of nitrogens with one attached hydrogen (secondary N) is 1. The van der Waals surface area contributed by atoms with Crippen LogP contribution in [-0.2, 0) is 9.53 Å². The summed E-state index contributed by atoms with van der Waals surface area (Å²) < 4.78 is 46.3. The molecule has 0 bridgehead atoms. The van der Waals surface area contributed by atoms with Crippen molar-refractivity contribution in [3.05, 3.63) is 23.9 Å². The molecule has 0 saturated carbocycles. The van der Waals surface area contributed by atoms with E-state index >= 15 is 0 Å². The normalized spacial score (nSPS) is 12.8. The third-order valence-corrected chi connectivity index (χ3v) is 2.33. The Morgan fingerprint density at radius 1 is 1.45 bits per heavy atom. The molecule has 5 nitrogen and oxygen atoms in total. The summed E-state index contributed by atoms with van der Waals surface area (Å²) in [4.78, 5) is 15.6. The quantitative estimate of drug-likeness (QED) is 0.811. The predicted octanol–water partition coefficient (Wildman–Crippen LogP) is 1.85. The molecular formula is C12H15F3N2O3. The van der Waals surface area contributed by atoms with Crippen LogP contribution in [0.2, 0.25) is 0 Å². The number of alkyl halides is 3. The summed E-state index contributed by atoms with van der Waals surface area (Å²) >= 11 is 0. The summed E-state index contributed by atoms with van der Waals surface area (Å²) in [7, 11) is 1.41. The second-order valence-electron chi connectivity index (χ2n) is 3.82. The molecule has 0 aliphatic carbocycles. The van der Waals surface area contributed by atoms with Gasteiger partial charge in [-0.3, -0.25) is 5.32 Å². The minimum atomic E-state index is -4.43. The van der Waals surface area contributed by atoms with E-state index in [0.717, 1.165) is 0 Å². The Morgan fingerprint density at radius 2 is 2.15 bits per heavy atom. The maximum atomic E-state index is 12.2. The monoisotopic (exact) mass is 292 g/mol.